The van der Waals surface area contributed by atoms with E-state index in [0.717, 1.165) is 27.8 Å². The van der Waals surface area contributed by atoms with E-state index >= 15 is 0 Å². The van der Waals surface area contributed by atoms with Crippen LogP contribution >= 0.6 is 15.9 Å². The Morgan fingerprint density at radius 2 is 2.25 bits per heavy atom. The minimum atomic E-state index is -0.258. The van der Waals surface area contributed by atoms with E-state index in [2.05, 4.69) is 15.9 Å². The summed E-state index contributed by atoms with van der Waals surface area (Å²) < 4.78 is 12.1. The van der Waals surface area contributed by atoms with Crippen molar-refractivity contribution in [2.45, 2.75) is 18.9 Å². The maximum atomic E-state index is 12.0. The Morgan fingerprint density at radius 1 is 1.50 bits per heavy atom. The van der Waals surface area contributed by atoms with Gasteiger partial charge in [0.05, 0.1) is 37.8 Å². The fourth-order valence-corrected chi connectivity index (χ4v) is 2.88. The number of hydrogen-bond acceptors (Lipinski definition) is 4. The molecule has 0 spiro atoms. The van der Waals surface area contributed by atoms with Gasteiger partial charge in [0.15, 0.2) is 0 Å². The van der Waals surface area contributed by atoms with Gasteiger partial charge in [-0.3, -0.25) is 9.63 Å². The van der Waals surface area contributed by atoms with Crippen LogP contribution in [0.3, 0.4) is 0 Å². The lowest BCUT2D eigenvalue weighted by Gasteiger charge is -2.28. The Kier molecular flexibility index (Phi) is 5.01. The summed E-state index contributed by atoms with van der Waals surface area (Å²) >= 11 is 3.48. The molecule has 1 aromatic rings. The zero-order valence-electron chi connectivity index (χ0n) is 11.8. The number of hydroxylamine groups is 2. The minimum absolute atomic E-state index is 0.118. The van der Waals surface area contributed by atoms with E-state index in [1.54, 1.807) is 14.2 Å². The summed E-state index contributed by atoms with van der Waals surface area (Å²) in [5.41, 5.74) is 2.11. The van der Waals surface area contributed by atoms with Crippen molar-refractivity contribution in [1.82, 2.24) is 5.06 Å². The van der Waals surface area contributed by atoms with Gasteiger partial charge in [-0.15, -0.1) is 0 Å². The Bertz CT molecular complexity index is 506. The van der Waals surface area contributed by atoms with Gasteiger partial charge in [0.1, 0.15) is 5.75 Å². The SMILES string of the molecule is COc1c(Br)ccc2c1CCOC2CC(=O)N(C)OC. The predicted octanol–water partition coefficient (Wildman–Crippen LogP) is 2.48. The van der Waals surface area contributed by atoms with E-state index in [1.807, 2.05) is 12.1 Å². The number of rotatable bonds is 4. The highest BCUT2D eigenvalue weighted by atomic mass is 79.9. The van der Waals surface area contributed by atoms with E-state index in [0.29, 0.717) is 6.61 Å². The van der Waals surface area contributed by atoms with Crippen LogP contribution < -0.4 is 4.74 Å². The Labute approximate surface area is 126 Å². The molecule has 5 nitrogen and oxygen atoms in total. The Balaban J connectivity index is 2.27. The Hall–Kier alpha value is -1.11. The maximum Gasteiger partial charge on any atom is 0.248 e. The normalized spacial score (nSPS) is 17.5. The molecule has 1 amide bonds. The second-order valence-electron chi connectivity index (χ2n) is 4.54. The molecule has 1 atom stereocenters. The van der Waals surface area contributed by atoms with Crippen molar-refractivity contribution in [3.05, 3.63) is 27.7 Å². The molecule has 2 rings (SSSR count). The lowest BCUT2D eigenvalue weighted by molar-refractivity contribution is -0.171. The first-order chi connectivity index (χ1) is 9.58. The van der Waals surface area contributed by atoms with Crippen molar-refractivity contribution in [3.63, 3.8) is 0 Å². The molecule has 0 saturated carbocycles. The molecule has 6 heteroatoms. The highest BCUT2D eigenvalue weighted by Crippen LogP contribution is 2.39. The summed E-state index contributed by atoms with van der Waals surface area (Å²) in [7, 11) is 4.71. The third kappa shape index (κ3) is 2.97. The molecule has 1 aliphatic heterocycles. The molecule has 1 aromatic carbocycles. The van der Waals surface area contributed by atoms with E-state index in [4.69, 9.17) is 14.3 Å². The van der Waals surface area contributed by atoms with Gasteiger partial charge >= 0.3 is 0 Å². The summed E-state index contributed by atoms with van der Waals surface area (Å²) in [6, 6.07) is 3.90. The monoisotopic (exact) mass is 343 g/mol. The number of benzene rings is 1. The van der Waals surface area contributed by atoms with Gasteiger partial charge < -0.3 is 9.47 Å². The number of carbonyl (C=O) groups excluding carboxylic acids is 1. The van der Waals surface area contributed by atoms with Crippen LogP contribution in [-0.4, -0.2) is 38.8 Å². The molecule has 0 fully saturated rings. The van der Waals surface area contributed by atoms with Crippen molar-refractivity contribution in [1.29, 1.82) is 0 Å². The number of amides is 1. The lowest BCUT2D eigenvalue weighted by atomic mass is 9.94. The molecule has 1 unspecified atom stereocenters. The average Bonchev–Trinajstić information content (AvgIpc) is 2.46. The summed E-state index contributed by atoms with van der Waals surface area (Å²) in [5.74, 6) is 0.704. The van der Waals surface area contributed by atoms with Crippen LogP contribution in [0.2, 0.25) is 0 Å². The summed E-state index contributed by atoms with van der Waals surface area (Å²) in [6.07, 6.45) is 0.774. The van der Waals surface area contributed by atoms with Crippen molar-refractivity contribution in [2.75, 3.05) is 27.9 Å². The summed E-state index contributed by atoms with van der Waals surface area (Å²) in [4.78, 5) is 16.9. The fraction of sp³-hybridized carbons (Fsp3) is 0.500. The van der Waals surface area contributed by atoms with Crippen LogP contribution in [0.15, 0.2) is 16.6 Å². The molecule has 0 saturated heterocycles. The highest BCUT2D eigenvalue weighted by molar-refractivity contribution is 9.10. The third-order valence-electron chi connectivity index (χ3n) is 3.46. The Morgan fingerprint density at radius 3 is 2.90 bits per heavy atom. The second-order valence-corrected chi connectivity index (χ2v) is 5.39. The third-order valence-corrected chi connectivity index (χ3v) is 4.08. The van der Waals surface area contributed by atoms with Gasteiger partial charge in [0.25, 0.3) is 0 Å². The molecule has 0 bridgehead atoms. The molecule has 0 N–H and O–H groups in total. The molecule has 110 valence electrons. The maximum absolute atomic E-state index is 12.0. The summed E-state index contributed by atoms with van der Waals surface area (Å²) in [5, 5.41) is 1.22. The van der Waals surface area contributed by atoms with Crippen molar-refractivity contribution < 1.29 is 19.1 Å². The number of nitrogens with zero attached hydrogens (tertiary/aromatic N) is 1. The first kappa shape index (κ1) is 15.3. The number of fused-ring (bicyclic) bond motifs is 1. The molecule has 1 aliphatic rings. The smallest absolute Gasteiger partial charge is 0.248 e. The zero-order valence-corrected chi connectivity index (χ0v) is 13.4. The number of hydrogen-bond donors (Lipinski definition) is 0. The second kappa shape index (κ2) is 6.56. The fourth-order valence-electron chi connectivity index (χ4n) is 2.35. The largest absolute Gasteiger partial charge is 0.495 e. The quantitative estimate of drug-likeness (QED) is 0.788. The minimum Gasteiger partial charge on any atom is -0.495 e. The lowest BCUT2D eigenvalue weighted by Crippen LogP contribution is -2.29. The van der Waals surface area contributed by atoms with Crippen LogP contribution in [0, 0.1) is 0 Å². The van der Waals surface area contributed by atoms with Crippen molar-refractivity contribution >= 4 is 21.8 Å². The van der Waals surface area contributed by atoms with Crippen LogP contribution in [0.5, 0.6) is 5.75 Å². The molecule has 0 aromatic heterocycles. The van der Waals surface area contributed by atoms with Gasteiger partial charge in [-0.1, -0.05) is 6.07 Å². The molecule has 1 heterocycles. The van der Waals surface area contributed by atoms with Gasteiger partial charge in [-0.05, 0) is 34.0 Å². The zero-order chi connectivity index (χ0) is 14.7. The standard InChI is InChI=1S/C14H18BrNO4/c1-16(19-3)13(17)8-12-9-4-5-11(15)14(18-2)10(9)6-7-20-12/h4-5,12H,6-8H2,1-3H3. The van der Waals surface area contributed by atoms with E-state index in [1.165, 1.54) is 12.2 Å². The molecular formula is C14H18BrNO4. The first-order valence-corrected chi connectivity index (χ1v) is 7.15. The molecule has 0 radical (unpaired) electrons. The van der Waals surface area contributed by atoms with Crippen LogP contribution in [0.25, 0.3) is 0 Å². The highest BCUT2D eigenvalue weighted by Gasteiger charge is 2.27. The van der Waals surface area contributed by atoms with Gasteiger partial charge in [-0.2, -0.15) is 0 Å². The average molecular weight is 344 g/mol. The topological polar surface area (TPSA) is 48.0 Å². The van der Waals surface area contributed by atoms with Crippen molar-refractivity contribution in [2.24, 2.45) is 0 Å². The van der Waals surface area contributed by atoms with Gasteiger partial charge in [0.2, 0.25) is 5.91 Å². The summed E-state index contributed by atoms with van der Waals surface area (Å²) in [6.45, 7) is 0.578. The van der Waals surface area contributed by atoms with Crippen LogP contribution in [0.1, 0.15) is 23.7 Å². The van der Waals surface area contributed by atoms with Gasteiger partial charge in [0, 0.05) is 12.6 Å². The van der Waals surface area contributed by atoms with E-state index in [-0.39, 0.29) is 18.4 Å². The number of ether oxygens (including phenoxy) is 2. The van der Waals surface area contributed by atoms with Gasteiger partial charge in [-0.25, -0.2) is 5.06 Å². The number of carbonyl (C=O) groups is 1. The van der Waals surface area contributed by atoms with E-state index < -0.39 is 0 Å². The van der Waals surface area contributed by atoms with Crippen molar-refractivity contribution in [3.8, 4) is 5.75 Å². The molecular weight excluding hydrogens is 326 g/mol. The molecule has 20 heavy (non-hydrogen) atoms. The predicted molar refractivity (Wildman–Crippen MR) is 77.5 cm³/mol. The van der Waals surface area contributed by atoms with Crippen LogP contribution in [0.4, 0.5) is 0 Å². The number of methoxy groups -OCH3 is 1. The van der Waals surface area contributed by atoms with Crippen LogP contribution in [-0.2, 0) is 20.8 Å². The first-order valence-electron chi connectivity index (χ1n) is 6.36. The molecule has 0 aliphatic carbocycles. The number of halogens is 1. The van der Waals surface area contributed by atoms with E-state index in [9.17, 15) is 4.79 Å².